The van der Waals surface area contributed by atoms with Crippen molar-refractivity contribution in [3.63, 3.8) is 0 Å². The first-order chi connectivity index (χ1) is 8.72. The number of aliphatic hydroxyl groups excluding tert-OH is 1. The van der Waals surface area contributed by atoms with Crippen LogP contribution in [0.4, 0.5) is 4.79 Å². The molecule has 1 saturated heterocycles. The number of amides is 2. The van der Waals surface area contributed by atoms with Crippen LogP contribution in [0.25, 0.3) is 0 Å². The molecule has 0 aliphatic carbocycles. The molecule has 1 aromatic rings. The topological polar surface area (TPSA) is 52.6 Å². The number of hydrogen-bond donors (Lipinski definition) is 2. The van der Waals surface area contributed by atoms with Gasteiger partial charge in [-0.25, -0.2) is 4.79 Å². The summed E-state index contributed by atoms with van der Waals surface area (Å²) in [5, 5.41) is 14.2. The van der Waals surface area contributed by atoms with Crippen LogP contribution in [0.15, 0.2) is 17.5 Å². The maximum absolute atomic E-state index is 12.0. The van der Waals surface area contributed by atoms with E-state index in [1.165, 1.54) is 4.88 Å². The Morgan fingerprint density at radius 2 is 2.56 bits per heavy atom. The Bertz CT molecular complexity index is 380. The summed E-state index contributed by atoms with van der Waals surface area (Å²) in [5.41, 5.74) is 0. The van der Waals surface area contributed by atoms with Crippen LogP contribution >= 0.6 is 11.3 Å². The monoisotopic (exact) mass is 268 g/mol. The molecular formula is C13H20N2O2S. The van der Waals surface area contributed by atoms with E-state index in [4.69, 9.17) is 0 Å². The third-order valence-electron chi connectivity index (χ3n) is 3.44. The molecule has 4 nitrogen and oxygen atoms in total. The Hall–Kier alpha value is -1.07. The lowest BCUT2D eigenvalue weighted by atomic mass is 10.1. The molecule has 2 amide bonds. The van der Waals surface area contributed by atoms with Crippen LogP contribution in [-0.2, 0) is 0 Å². The molecule has 0 aromatic carbocycles. The smallest absolute Gasteiger partial charge is 0.317 e. The summed E-state index contributed by atoms with van der Waals surface area (Å²) < 4.78 is 0. The van der Waals surface area contributed by atoms with E-state index in [1.807, 2.05) is 6.07 Å². The van der Waals surface area contributed by atoms with Crippen molar-refractivity contribution >= 4 is 17.4 Å². The van der Waals surface area contributed by atoms with Crippen molar-refractivity contribution in [1.82, 2.24) is 10.2 Å². The Balaban J connectivity index is 1.81. The van der Waals surface area contributed by atoms with Gasteiger partial charge in [-0.2, -0.15) is 0 Å². The van der Waals surface area contributed by atoms with Crippen LogP contribution in [0, 0.1) is 0 Å². The van der Waals surface area contributed by atoms with Gasteiger partial charge < -0.3 is 15.3 Å². The van der Waals surface area contributed by atoms with E-state index in [-0.39, 0.29) is 18.7 Å². The van der Waals surface area contributed by atoms with Gasteiger partial charge in [-0.15, -0.1) is 11.3 Å². The molecular weight excluding hydrogens is 248 g/mol. The van der Waals surface area contributed by atoms with Gasteiger partial charge in [0.2, 0.25) is 0 Å². The van der Waals surface area contributed by atoms with Crippen molar-refractivity contribution in [2.24, 2.45) is 0 Å². The van der Waals surface area contributed by atoms with Crippen LogP contribution in [0.5, 0.6) is 0 Å². The Labute approximate surface area is 112 Å². The SMILES string of the molecule is CC(CNC(=O)N1CCC[C@@H]1CO)c1cccs1. The number of carbonyl (C=O) groups excluding carboxylic acids is 1. The average Bonchev–Trinajstić information content (AvgIpc) is 3.04. The van der Waals surface area contributed by atoms with Crippen molar-refractivity contribution in [1.29, 1.82) is 0 Å². The van der Waals surface area contributed by atoms with Crippen LogP contribution < -0.4 is 5.32 Å². The molecule has 5 heteroatoms. The molecule has 0 bridgehead atoms. The molecule has 1 aromatic heterocycles. The van der Waals surface area contributed by atoms with Gasteiger partial charge in [0.1, 0.15) is 0 Å². The number of rotatable bonds is 4. The van der Waals surface area contributed by atoms with Gasteiger partial charge in [-0.1, -0.05) is 13.0 Å². The van der Waals surface area contributed by atoms with Crippen LogP contribution in [-0.4, -0.2) is 41.8 Å². The van der Waals surface area contributed by atoms with Crippen molar-refractivity contribution < 1.29 is 9.90 Å². The summed E-state index contributed by atoms with van der Waals surface area (Å²) in [7, 11) is 0. The predicted molar refractivity (Wildman–Crippen MR) is 72.9 cm³/mol. The number of nitrogens with zero attached hydrogens (tertiary/aromatic N) is 1. The molecule has 1 unspecified atom stereocenters. The molecule has 2 atom stereocenters. The molecule has 1 fully saturated rings. The largest absolute Gasteiger partial charge is 0.394 e. The quantitative estimate of drug-likeness (QED) is 0.877. The minimum Gasteiger partial charge on any atom is -0.394 e. The van der Waals surface area contributed by atoms with E-state index in [9.17, 15) is 9.90 Å². The highest BCUT2D eigenvalue weighted by Gasteiger charge is 2.27. The van der Waals surface area contributed by atoms with E-state index >= 15 is 0 Å². The van der Waals surface area contributed by atoms with Gasteiger partial charge in [0, 0.05) is 23.9 Å². The van der Waals surface area contributed by atoms with E-state index in [0.29, 0.717) is 12.5 Å². The van der Waals surface area contributed by atoms with Crippen LogP contribution in [0.3, 0.4) is 0 Å². The lowest BCUT2D eigenvalue weighted by Gasteiger charge is -2.24. The summed E-state index contributed by atoms with van der Waals surface area (Å²) in [4.78, 5) is 15.0. The molecule has 1 aliphatic rings. The first-order valence-corrected chi connectivity index (χ1v) is 7.29. The number of thiophene rings is 1. The van der Waals surface area contributed by atoms with E-state index in [0.717, 1.165) is 19.4 Å². The fraction of sp³-hybridized carbons (Fsp3) is 0.615. The first-order valence-electron chi connectivity index (χ1n) is 6.41. The van der Waals surface area contributed by atoms with Gasteiger partial charge in [-0.05, 0) is 24.3 Å². The summed E-state index contributed by atoms with van der Waals surface area (Å²) in [5.74, 6) is 0.337. The van der Waals surface area contributed by atoms with Crippen molar-refractivity contribution in [3.05, 3.63) is 22.4 Å². The second-order valence-corrected chi connectivity index (χ2v) is 5.75. The first kappa shape index (κ1) is 13.4. The fourth-order valence-electron chi connectivity index (χ4n) is 2.31. The Morgan fingerprint density at radius 1 is 1.72 bits per heavy atom. The van der Waals surface area contributed by atoms with Crippen molar-refractivity contribution in [2.45, 2.75) is 31.7 Å². The molecule has 0 radical (unpaired) electrons. The van der Waals surface area contributed by atoms with Crippen molar-refractivity contribution in [3.8, 4) is 0 Å². The summed E-state index contributed by atoms with van der Waals surface area (Å²) in [6.45, 7) is 3.58. The number of likely N-dealkylation sites (tertiary alicyclic amines) is 1. The normalized spacial score (nSPS) is 21.0. The number of carbonyl (C=O) groups is 1. The minimum absolute atomic E-state index is 0.00189. The average molecular weight is 268 g/mol. The van der Waals surface area contributed by atoms with Gasteiger partial charge in [0.05, 0.1) is 12.6 Å². The number of urea groups is 1. The van der Waals surface area contributed by atoms with E-state index in [1.54, 1.807) is 16.2 Å². The standard InChI is InChI=1S/C13H20N2O2S/c1-10(12-5-3-7-18-12)8-14-13(17)15-6-2-4-11(15)9-16/h3,5,7,10-11,16H,2,4,6,8-9H2,1H3,(H,14,17)/t10?,11-/m1/s1. The van der Waals surface area contributed by atoms with E-state index < -0.39 is 0 Å². The van der Waals surface area contributed by atoms with Gasteiger partial charge >= 0.3 is 6.03 Å². The molecule has 2 rings (SSSR count). The molecule has 2 heterocycles. The van der Waals surface area contributed by atoms with Gasteiger partial charge in [-0.3, -0.25) is 0 Å². The van der Waals surface area contributed by atoms with Crippen LogP contribution in [0.2, 0.25) is 0 Å². The summed E-state index contributed by atoms with van der Waals surface area (Å²) >= 11 is 1.72. The highest BCUT2D eigenvalue weighted by atomic mass is 32.1. The fourth-order valence-corrected chi connectivity index (χ4v) is 3.09. The Morgan fingerprint density at radius 3 is 3.22 bits per heavy atom. The summed E-state index contributed by atoms with van der Waals surface area (Å²) in [6.07, 6.45) is 1.89. The lowest BCUT2D eigenvalue weighted by molar-refractivity contribution is 0.157. The Kier molecular flexibility index (Phi) is 4.60. The van der Waals surface area contributed by atoms with E-state index in [2.05, 4.69) is 23.7 Å². The highest BCUT2D eigenvalue weighted by molar-refractivity contribution is 7.10. The molecule has 0 saturated carbocycles. The highest BCUT2D eigenvalue weighted by Crippen LogP contribution is 2.20. The van der Waals surface area contributed by atoms with Crippen LogP contribution in [0.1, 0.15) is 30.6 Å². The molecule has 18 heavy (non-hydrogen) atoms. The van der Waals surface area contributed by atoms with Crippen molar-refractivity contribution in [2.75, 3.05) is 19.7 Å². The predicted octanol–water partition coefficient (Wildman–Crippen LogP) is 2.02. The molecule has 2 N–H and O–H groups in total. The number of hydrogen-bond acceptors (Lipinski definition) is 3. The summed E-state index contributed by atoms with van der Waals surface area (Å²) in [6, 6.07) is 4.08. The lowest BCUT2D eigenvalue weighted by Crippen LogP contribution is -2.45. The zero-order chi connectivity index (χ0) is 13.0. The minimum atomic E-state index is -0.0463. The number of nitrogens with one attached hydrogen (secondary N) is 1. The van der Waals surface area contributed by atoms with Gasteiger partial charge in [0.15, 0.2) is 0 Å². The zero-order valence-corrected chi connectivity index (χ0v) is 11.4. The van der Waals surface area contributed by atoms with Gasteiger partial charge in [0.25, 0.3) is 0 Å². The maximum atomic E-state index is 12.0. The third-order valence-corrected chi connectivity index (χ3v) is 4.54. The second kappa shape index (κ2) is 6.20. The molecule has 100 valence electrons. The second-order valence-electron chi connectivity index (χ2n) is 4.77. The maximum Gasteiger partial charge on any atom is 0.317 e. The number of aliphatic hydroxyl groups is 1. The molecule has 0 spiro atoms. The zero-order valence-electron chi connectivity index (χ0n) is 10.6. The third kappa shape index (κ3) is 3.03. The molecule has 1 aliphatic heterocycles.